The zero-order chi connectivity index (χ0) is 25.2. The average Bonchev–Trinajstić information content (AvgIpc) is 3.60. The number of allylic oxidation sites excluding steroid dienone is 1. The van der Waals surface area contributed by atoms with Gasteiger partial charge >= 0.3 is 0 Å². The molecule has 0 radical (unpaired) electrons. The summed E-state index contributed by atoms with van der Waals surface area (Å²) in [6.45, 7) is 6.10. The monoisotopic (exact) mass is 581 g/mol. The van der Waals surface area contributed by atoms with Gasteiger partial charge in [0.1, 0.15) is 16.7 Å². The van der Waals surface area contributed by atoms with Crippen LogP contribution in [-0.4, -0.2) is 50.2 Å². The maximum atomic E-state index is 11.6. The molecule has 5 aromatic heterocycles. The molecule has 228 valence electrons. The van der Waals surface area contributed by atoms with Crippen LogP contribution in [0.5, 0.6) is 0 Å². The van der Waals surface area contributed by atoms with Crippen LogP contribution in [0.2, 0.25) is 0 Å². The van der Waals surface area contributed by atoms with Crippen molar-refractivity contribution in [3.8, 4) is 23.0 Å². The summed E-state index contributed by atoms with van der Waals surface area (Å²) in [5, 5.41) is 19.7. The number of nitrogens with zero attached hydrogens (tertiary/aromatic N) is 7. The van der Waals surface area contributed by atoms with Gasteiger partial charge in [0.2, 0.25) is 0 Å². The van der Waals surface area contributed by atoms with Gasteiger partial charge in [-0.2, -0.15) is 10.2 Å². The van der Waals surface area contributed by atoms with E-state index in [9.17, 15) is 9.59 Å². The standard InChI is InChI=1S/C12H11N5O.C10H8N6O2.6CH4/c1-2-7-17-9-6-4-3-5-8(9)14-12(17)10-11(13)16-18-15-10;1-4-7-8(10(18)16-13-4)12-9(11-7)5-2-3-6(17)15-14-5;;;;;;/h2-6H,1,7H2,(H2,13,16);2-3H,1H3,(H,11,12)(H,15,17)(H,16,18);6*1H4. The van der Waals surface area contributed by atoms with Crippen molar-refractivity contribution in [2.75, 3.05) is 5.73 Å². The SMILES string of the molecule is C.C.C.C.C.C.C=CCn1c(-c2nonc2N)nc2ccccc21.Cc1n[nH]c(=O)c2[nH]c(-c3ccc(=O)[nH]n3)nc12. The summed E-state index contributed by atoms with van der Waals surface area (Å²) < 4.78 is 6.60. The molecule has 5 N–H and O–H groups in total. The molecule has 0 saturated carbocycles. The van der Waals surface area contributed by atoms with Crippen LogP contribution in [0.1, 0.15) is 50.3 Å². The van der Waals surface area contributed by atoms with Crippen molar-refractivity contribution >= 4 is 27.9 Å². The van der Waals surface area contributed by atoms with E-state index in [2.05, 4.69) is 56.9 Å². The highest BCUT2D eigenvalue weighted by molar-refractivity contribution is 5.81. The fraction of sp³-hybridized carbons (Fsp3) is 0.286. The highest BCUT2D eigenvalue weighted by Crippen LogP contribution is 2.26. The van der Waals surface area contributed by atoms with Gasteiger partial charge in [0.05, 0.1) is 16.7 Å². The number of nitrogens with one attached hydrogen (secondary N) is 3. The first-order chi connectivity index (χ1) is 17.5. The number of para-hydroxylation sites is 2. The third kappa shape index (κ3) is 7.21. The summed E-state index contributed by atoms with van der Waals surface area (Å²) in [6.07, 6.45) is 1.79. The Hall–Kier alpha value is -5.40. The van der Waals surface area contributed by atoms with E-state index < -0.39 is 0 Å². The molecule has 42 heavy (non-hydrogen) atoms. The highest BCUT2D eigenvalue weighted by Gasteiger charge is 2.18. The molecule has 0 aliphatic rings. The largest absolute Gasteiger partial charge is 0.379 e. The molecule has 6 rings (SSSR count). The first kappa shape index (κ1) is 38.7. The summed E-state index contributed by atoms with van der Waals surface area (Å²) >= 11 is 0. The smallest absolute Gasteiger partial charge is 0.290 e. The van der Waals surface area contributed by atoms with Gasteiger partial charge in [-0.3, -0.25) is 9.59 Å². The number of aryl methyl sites for hydroxylation is 1. The van der Waals surface area contributed by atoms with Gasteiger partial charge < -0.3 is 15.3 Å². The molecule has 5 heterocycles. The molecule has 0 atom stereocenters. The Morgan fingerprint density at radius 2 is 1.67 bits per heavy atom. The highest BCUT2D eigenvalue weighted by atomic mass is 16.6. The number of hydrogen-bond acceptors (Lipinski definition) is 10. The number of aromatic amines is 3. The number of hydrogen-bond donors (Lipinski definition) is 4. The molecule has 0 amide bonds. The minimum absolute atomic E-state index is 0. The van der Waals surface area contributed by atoms with Gasteiger partial charge in [0.15, 0.2) is 23.2 Å². The van der Waals surface area contributed by atoms with Gasteiger partial charge in [-0.25, -0.2) is 24.8 Å². The number of aromatic nitrogens is 10. The lowest BCUT2D eigenvalue weighted by atomic mass is 10.3. The molecule has 0 aliphatic heterocycles. The number of benzene rings is 1. The van der Waals surface area contributed by atoms with E-state index >= 15 is 0 Å². The molecule has 0 fully saturated rings. The molecule has 0 aliphatic carbocycles. The second-order valence-electron chi connectivity index (χ2n) is 7.58. The van der Waals surface area contributed by atoms with E-state index in [0.717, 1.165) is 11.0 Å². The number of fused-ring (bicyclic) bond motifs is 2. The van der Waals surface area contributed by atoms with E-state index in [1.807, 2.05) is 28.8 Å². The number of rotatable bonds is 4. The van der Waals surface area contributed by atoms with Crippen LogP contribution in [-0.2, 0) is 6.54 Å². The van der Waals surface area contributed by atoms with Crippen molar-refractivity contribution < 1.29 is 4.63 Å². The van der Waals surface area contributed by atoms with Crippen molar-refractivity contribution in [1.29, 1.82) is 0 Å². The molecular weight excluding hydrogens is 538 g/mol. The number of nitrogens with two attached hydrogens (primary N) is 1. The fourth-order valence-corrected chi connectivity index (χ4v) is 3.56. The lowest BCUT2D eigenvalue weighted by molar-refractivity contribution is 0.310. The Bertz CT molecular complexity index is 1810. The minimum Gasteiger partial charge on any atom is -0.379 e. The topological polar surface area (TPSA) is 203 Å². The number of anilines is 1. The van der Waals surface area contributed by atoms with E-state index in [1.54, 1.807) is 13.0 Å². The van der Waals surface area contributed by atoms with Gasteiger partial charge in [-0.05, 0) is 35.4 Å². The molecule has 14 nitrogen and oxygen atoms in total. The molecule has 14 heteroatoms. The predicted molar refractivity (Wildman–Crippen MR) is 171 cm³/mol. The van der Waals surface area contributed by atoms with E-state index in [4.69, 9.17) is 5.73 Å². The van der Waals surface area contributed by atoms with Crippen molar-refractivity contribution in [3.05, 3.63) is 75.5 Å². The first-order valence-corrected chi connectivity index (χ1v) is 10.6. The first-order valence-electron chi connectivity index (χ1n) is 10.6. The van der Waals surface area contributed by atoms with Gasteiger partial charge in [-0.1, -0.05) is 62.8 Å². The number of nitrogen functional groups attached to an aromatic ring is 1. The Morgan fingerprint density at radius 3 is 2.26 bits per heavy atom. The fourth-order valence-electron chi connectivity index (χ4n) is 3.56. The van der Waals surface area contributed by atoms with Gasteiger partial charge in [-0.15, -0.1) is 6.58 Å². The molecule has 1 aromatic carbocycles. The van der Waals surface area contributed by atoms with E-state index in [0.29, 0.717) is 46.3 Å². The summed E-state index contributed by atoms with van der Waals surface area (Å²) in [7, 11) is 0. The van der Waals surface area contributed by atoms with Gasteiger partial charge in [0.25, 0.3) is 11.1 Å². The van der Waals surface area contributed by atoms with E-state index in [-0.39, 0.29) is 61.5 Å². The van der Waals surface area contributed by atoms with Crippen LogP contribution < -0.4 is 16.9 Å². The summed E-state index contributed by atoms with van der Waals surface area (Å²) in [5.41, 5.74) is 9.27. The average molecular weight is 582 g/mol. The van der Waals surface area contributed by atoms with Crippen molar-refractivity contribution in [1.82, 2.24) is 50.2 Å². The second kappa shape index (κ2) is 16.0. The third-order valence-corrected chi connectivity index (χ3v) is 5.21. The normalized spacial score (nSPS) is 9.36. The van der Waals surface area contributed by atoms with E-state index in [1.165, 1.54) is 12.1 Å². The Morgan fingerprint density at radius 1 is 0.952 bits per heavy atom. The Labute approximate surface area is 245 Å². The zero-order valence-corrected chi connectivity index (χ0v) is 18.9. The summed E-state index contributed by atoms with van der Waals surface area (Å²) in [6, 6.07) is 10.7. The zero-order valence-electron chi connectivity index (χ0n) is 18.9. The quantitative estimate of drug-likeness (QED) is 0.196. The van der Waals surface area contributed by atoms with Crippen LogP contribution in [0, 0.1) is 6.92 Å². The molecule has 0 saturated heterocycles. The van der Waals surface area contributed by atoms with Crippen molar-refractivity contribution in [2.45, 2.75) is 58.0 Å². The maximum absolute atomic E-state index is 11.6. The molecule has 0 spiro atoms. The summed E-state index contributed by atoms with van der Waals surface area (Å²) in [5.74, 6) is 1.27. The van der Waals surface area contributed by atoms with Crippen LogP contribution in [0.4, 0.5) is 5.82 Å². The molecule has 0 unspecified atom stereocenters. The maximum Gasteiger partial charge on any atom is 0.290 e. The van der Waals surface area contributed by atoms with Crippen LogP contribution in [0.15, 0.2) is 63.3 Å². The molecular formula is C28H43N11O3. The lowest BCUT2D eigenvalue weighted by Crippen LogP contribution is -2.09. The minimum atomic E-state index is -0.348. The molecule has 0 bridgehead atoms. The Balaban J connectivity index is 0. The van der Waals surface area contributed by atoms with Crippen molar-refractivity contribution in [3.63, 3.8) is 0 Å². The number of H-pyrrole nitrogens is 3. The van der Waals surface area contributed by atoms with Crippen LogP contribution >= 0.6 is 0 Å². The summed E-state index contributed by atoms with van der Waals surface area (Å²) in [4.78, 5) is 34.1. The van der Waals surface area contributed by atoms with Gasteiger partial charge in [0, 0.05) is 12.6 Å². The number of imidazole rings is 2. The lowest BCUT2D eigenvalue weighted by Gasteiger charge is -2.03. The van der Waals surface area contributed by atoms with Crippen LogP contribution in [0.3, 0.4) is 0 Å². The Kier molecular flexibility index (Phi) is 14.8. The van der Waals surface area contributed by atoms with Crippen LogP contribution in [0.25, 0.3) is 45.1 Å². The predicted octanol–water partition coefficient (Wildman–Crippen LogP) is 5.38. The van der Waals surface area contributed by atoms with Crippen molar-refractivity contribution in [2.24, 2.45) is 0 Å². The molecule has 6 aromatic rings. The second-order valence-corrected chi connectivity index (χ2v) is 7.58. The third-order valence-electron chi connectivity index (χ3n) is 5.21.